The van der Waals surface area contributed by atoms with Gasteiger partial charge in [-0.15, -0.1) is 0 Å². The molecule has 5 atom stereocenters. The number of hydrogen-bond donors (Lipinski definition) is 5. The zero-order valence-corrected chi connectivity index (χ0v) is 24.7. The molecule has 0 bridgehead atoms. The molecule has 0 aromatic heterocycles. The van der Waals surface area contributed by atoms with E-state index >= 15 is 0 Å². The van der Waals surface area contributed by atoms with Crippen LogP contribution >= 0.6 is 7.60 Å². The fourth-order valence-electron chi connectivity index (χ4n) is 3.91. The normalized spacial score (nSPS) is 16.5. The van der Waals surface area contributed by atoms with Crippen LogP contribution in [0, 0.1) is 11.8 Å². The lowest BCUT2D eigenvalue weighted by Crippen LogP contribution is -2.69. The van der Waals surface area contributed by atoms with Crippen LogP contribution in [0.3, 0.4) is 0 Å². The van der Waals surface area contributed by atoms with E-state index in [2.05, 4.69) is 10.6 Å². The summed E-state index contributed by atoms with van der Waals surface area (Å²) in [5.74, 6) is -5.12. The first kappa shape index (κ1) is 34.4. The molecular weight excluding hydrogens is 527 g/mol. The summed E-state index contributed by atoms with van der Waals surface area (Å²) < 4.78 is 16.3. The van der Waals surface area contributed by atoms with Crippen molar-refractivity contribution < 1.29 is 42.7 Å². The largest absolute Gasteiger partial charge is 0.445 e. The van der Waals surface area contributed by atoms with Crippen LogP contribution in [0.25, 0.3) is 0 Å². The lowest BCUT2D eigenvalue weighted by Gasteiger charge is -2.39. The summed E-state index contributed by atoms with van der Waals surface area (Å²) in [7, 11) is -3.93. The molecule has 220 valence electrons. The van der Waals surface area contributed by atoms with Crippen LogP contribution in [-0.2, 0) is 30.3 Å². The zero-order valence-electron chi connectivity index (χ0n) is 23.8. The molecule has 39 heavy (non-hydrogen) atoms. The quantitative estimate of drug-likeness (QED) is 0.175. The number of nitrogens with zero attached hydrogens (tertiary/aromatic N) is 1. The summed E-state index contributed by atoms with van der Waals surface area (Å²) in [6.45, 7) is 9.49. The SMILES string of the molecule is CCC[C@H](NC(=O)OCc1ccccc1)C(=O)[N+](C)(C(=O)[C@@H](NC(=O)[C@@H](N)C(C)C)C(C)C)[C@@H](C)P(=O)(O)O. The number of likely N-dealkylation sites (N-methyl/N-ethyl adjacent to an activating group) is 1. The van der Waals surface area contributed by atoms with Crippen molar-refractivity contribution in [3.05, 3.63) is 35.9 Å². The first-order chi connectivity index (χ1) is 18.0. The summed E-state index contributed by atoms with van der Waals surface area (Å²) in [6, 6.07) is 5.32. The second kappa shape index (κ2) is 14.7. The predicted molar refractivity (Wildman–Crippen MR) is 146 cm³/mol. The van der Waals surface area contributed by atoms with E-state index in [9.17, 15) is 33.5 Å². The van der Waals surface area contributed by atoms with E-state index in [0.717, 1.165) is 14.0 Å². The van der Waals surface area contributed by atoms with Gasteiger partial charge in [-0.05, 0) is 23.8 Å². The van der Waals surface area contributed by atoms with E-state index in [4.69, 9.17) is 10.5 Å². The van der Waals surface area contributed by atoms with Gasteiger partial charge in [0.15, 0.2) is 0 Å². The Hall–Kier alpha value is -2.63. The van der Waals surface area contributed by atoms with Crippen LogP contribution in [0.2, 0.25) is 0 Å². The second-order valence-electron chi connectivity index (χ2n) is 10.5. The smallest absolute Gasteiger partial charge is 0.408 e. The number of rotatable bonds is 13. The Balaban J connectivity index is 3.39. The topological polar surface area (TPSA) is 185 Å². The first-order valence-electron chi connectivity index (χ1n) is 13.0. The average Bonchev–Trinajstić information content (AvgIpc) is 2.87. The Morgan fingerprint density at radius 2 is 1.54 bits per heavy atom. The molecule has 1 aromatic rings. The Labute approximate surface area is 230 Å². The molecule has 0 aliphatic carbocycles. The van der Waals surface area contributed by atoms with E-state index in [0.29, 0.717) is 12.0 Å². The van der Waals surface area contributed by atoms with Gasteiger partial charge in [-0.1, -0.05) is 71.4 Å². The number of carbonyl (C=O) groups is 4. The summed E-state index contributed by atoms with van der Waals surface area (Å²) >= 11 is 0. The van der Waals surface area contributed by atoms with Crippen LogP contribution < -0.4 is 16.4 Å². The van der Waals surface area contributed by atoms with Crippen molar-refractivity contribution in [1.82, 2.24) is 10.6 Å². The highest BCUT2D eigenvalue weighted by molar-refractivity contribution is 7.52. The van der Waals surface area contributed by atoms with Gasteiger partial charge in [0.1, 0.15) is 18.7 Å². The summed E-state index contributed by atoms with van der Waals surface area (Å²) in [6.07, 6.45) is -0.447. The molecule has 12 nitrogen and oxygen atoms in total. The van der Waals surface area contributed by atoms with Crippen molar-refractivity contribution in [1.29, 1.82) is 0 Å². The molecule has 1 unspecified atom stereocenters. The summed E-state index contributed by atoms with van der Waals surface area (Å²) in [5, 5.41) is 5.03. The van der Waals surface area contributed by atoms with Crippen LogP contribution in [-0.4, -0.2) is 69.0 Å². The first-order valence-corrected chi connectivity index (χ1v) is 14.7. The molecule has 1 rings (SSSR count). The van der Waals surface area contributed by atoms with Crippen molar-refractivity contribution in [2.45, 2.75) is 84.9 Å². The Kier molecular flexibility index (Phi) is 12.9. The molecule has 0 saturated carbocycles. The zero-order chi connectivity index (χ0) is 30.1. The van der Waals surface area contributed by atoms with Crippen LogP contribution in [0.5, 0.6) is 0 Å². The lowest BCUT2D eigenvalue weighted by atomic mass is 9.98. The monoisotopic (exact) mass is 571 g/mol. The molecule has 13 heteroatoms. The fourth-order valence-corrected chi connectivity index (χ4v) is 4.74. The van der Waals surface area contributed by atoms with Gasteiger partial charge >= 0.3 is 25.5 Å². The molecule has 0 spiro atoms. The van der Waals surface area contributed by atoms with Gasteiger partial charge < -0.3 is 30.9 Å². The number of imide groups is 1. The lowest BCUT2D eigenvalue weighted by molar-refractivity contribution is -0.771. The number of amides is 4. The van der Waals surface area contributed by atoms with Crippen LogP contribution in [0.1, 0.15) is 59.9 Å². The number of alkyl carbamates (subject to hydrolysis) is 1. The highest BCUT2D eigenvalue weighted by Crippen LogP contribution is 2.46. The molecule has 4 amide bonds. The summed E-state index contributed by atoms with van der Waals surface area (Å²) in [4.78, 5) is 73.4. The van der Waals surface area contributed by atoms with Crippen molar-refractivity contribution in [3.8, 4) is 0 Å². The molecule has 1 aromatic carbocycles. The molecule has 0 heterocycles. The minimum atomic E-state index is -5.02. The minimum Gasteiger partial charge on any atom is -0.445 e. The van der Waals surface area contributed by atoms with E-state index in [-0.39, 0.29) is 18.9 Å². The minimum absolute atomic E-state index is 0.0682. The van der Waals surface area contributed by atoms with E-state index in [1.165, 1.54) is 0 Å². The van der Waals surface area contributed by atoms with Crippen molar-refractivity contribution in [2.75, 3.05) is 7.05 Å². The maximum absolute atomic E-state index is 14.0. The van der Waals surface area contributed by atoms with Gasteiger partial charge in [-0.25, -0.2) is 14.4 Å². The van der Waals surface area contributed by atoms with E-state index < -0.39 is 65.7 Å². The number of nitrogens with one attached hydrogen (secondary N) is 2. The molecule has 0 aliphatic rings. The molecular formula is C26H44N4O8P+. The van der Waals surface area contributed by atoms with E-state index in [1.807, 2.05) is 0 Å². The van der Waals surface area contributed by atoms with Gasteiger partial charge in [-0.3, -0.25) is 9.36 Å². The van der Waals surface area contributed by atoms with Gasteiger partial charge in [0, 0.05) is 6.92 Å². The number of quaternary nitrogens is 1. The maximum Gasteiger partial charge on any atom is 0.408 e. The number of hydrogen-bond acceptors (Lipinski definition) is 7. The van der Waals surface area contributed by atoms with Gasteiger partial charge in [0.2, 0.25) is 11.7 Å². The Morgan fingerprint density at radius 1 is 0.974 bits per heavy atom. The van der Waals surface area contributed by atoms with Crippen molar-refractivity contribution in [2.24, 2.45) is 17.6 Å². The number of benzene rings is 1. The predicted octanol–water partition coefficient (Wildman–Crippen LogP) is 2.23. The number of nitrogens with two attached hydrogens (primary N) is 1. The Bertz CT molecular complexity index is 1050. The third kappa shape index (κ3) is 9.22. The molecule has 0 radical (unpaired) electrons. The van der Waals surface area contributed by atoms with E-state index in [1.54, 1.807) is 65.0 Å². The Morgan fingerprint density at radius 3 is 2.00 bits per heavy atom. The highest BCUT2D eigenvalue weighted by atomic mass is 31.2. The number of carbonyl (C=O) groups excluding carboxylic acids is 4. The van der Waals surface area contributed by atoms with Crippen molar-refractivity contribution >= 4 is 31.4 Å². The van der Waals surface area contributed by atoms with Crippen molar-refractivity contribution in [3.63, 3.8) is 0 Å². The molecule has 6 N–H and O–H groups in total. The molecule has 0 aliphatic heterocycles. The second-order valence-corrected chi connectivity index (χ2v) is 12.4. The molecule has 0 fully saturated rings. The van der Waals surface area contributed by atoms with Gasteiger partial charge in [0.25, 0.3) is 0 Å². The standard InChI is InChI=1S/C26H43N4O8P/c1-8-12-20(28-26(34)38-15-19-13-10-9-11-14-19)24(32)30(7,18(6)39(35,36)37)25(33)22(17(4)5)29-23(31)21(27)16(2)3/h9-11,13-14,16-18,20-22H,8,12,15,27H2,1-7H3,(H3-,28,29,31,34,35,36,37)/p+1/t18-,20+,21+,22+,30?/m1/s1. The third-order valence-corrected chi connectivity index (χ3v) is 8.22. The van der Waals surface area contributed by atoms with Gasteiger partial charge in [0.05, 0.1) is 13.1 Å². The van der Waals surface area contributed by atoms with Crippen LogP contribution in [0.4, 0.5) is 4.79 Å². The average molecular weight is 572 g/mol. The summed E-state index contributed by atoms with van der Waals surface area (Å²) in [5.41, 5.74) is 6.65. The van der Waals surface area contributed by atoms with Crippen LogP contribution in [0.15, 0.2) is 30.3 Å². The fraction of sp³-hybridized carbons (Fsp3) is 0.615. The highest BCUT2D eigenvalue weighted by Gasteiger charge is 2.57. The maximum atomic E-state index is 14.0. The number of ether oxygens (including phenoxy) is 1. The molecule has 0 saturated heterocycles. The third-order valence-electron chi connectivity index (χ3n) is 6.78. The van der Waals surface area contributed by atoms with Gasteiger partial charge in [-0.2, -0.15) is 4.48 Å².